The van der Waals surface area contributed by atoms with Crippen LogP contribution in [-0.2, 0) is 33.8 Å². The molecule has 2 rings (SSSR count). The fourth-order valence-electron chi connectivity index (χ4n) is 3.73. The lowest BCUT2D eigenvalue weighted by atomic mass is 10.0. The fraction of sp³-hybridized carbons (Fsp3) is 0.406. The van der Waals surface area contributed by atoms with E-state index in [1.54, 1.807) is 60.6 Å². The van der Waals surface area contributed by atoms with E-state index in [1.165, 1.54) is 42.5 Å². The number of benzene rings is 2. The maximum Gasteiger partial charge on any atom is 0.414 e. The molecule has 1 unspecified atom stereocenters. The molecule has 3 amide bonds. The van der Waals surface area contributed by atoms with Crippen LogP contribution in [-0.4, -0.2) is 63.0 Å². The van der Waals surface area contributed by atoms with Crippen LogP contribution in [0.5, 0.6) is 0 Å². The van der Waals surface area contributed by atoms with Gasteiger partial charge in [-0.1, -0.05) is 30.9 Å². The molecule has 0 aliphatic carbocycles. The normalized spacial score (nSPS) is 12.0. The minimum absolute atomic E-state index is 0.0467. The summed E-state index contributed by atoms with van der Waals surface area (Å²) in [7, 11) is -4.23. The summed E-state index contributed by atoms with van der Waals surface area (Å²) < 4.78 is 49.8. The summed E-state index contributed by atoms with van der Waals surface area (Å²) in [6.07, 6.45) is -1.52. The van der Waals surface area contributed by atoms with Crippen molar-refractivity contribution in [3.63, 3.8) is 0 Å². The minimum atomic E-state index is -4.23. The van der Waals surface area contributed by atoms with Gasteiger partial charge in [0, 0.05) is 5.69 Å². The number of amides is 3. The Morgan fingerprint density at radius 1 is 0.875 bits per heavy atom. The Kier molecular flexibility index (Phi) is 14.0. The number of guanidine groups is 1. The zero-order valence-corrected chi connectivity index (χ0v) is 28.9. The third-order valence-electron chi connectivity index (χ3n) is 5.45. The maximum absolute atomic E-state index is 13.4. The molecule has 1 atom stereocenters. The highest BCUT2D eigenvalue weighted by atomic mass is 32.2. The van der Waals surface area contributed by atoms with Crippen LogP contribution in [0.25, 0.3) is 0 Å². The molecule has 15 nitrogen and oxygen atoms in total. The van der Waals surface area contributed by atoms with Crippen LogP contribution in [0, 0.1) is 0 Å². The number of ether oxygens (including phenoxy) is 4. The molecule has 262 valence electrons. The second-order valence-corrected chi connectivity index (χ2v) is 13.7. The number of aliphatic imine (C=N–C) groups is 1. The van der Waals surface area contributed by atoms with Gasteiger partial charge in [0.1, 0.15) is 17.8 Å². The van der Waals surface area contributed by atoms with Crippen LogP contribution in [0.1, 0.15) is 66.5 Å². The Labute approximate surface area is 280 Å². The highest BCUT2D eigenvalue weighted by Crippen LogP contribution is 2.25. The Morgan fingerprint density at radius 2 is 1.48 bits per heavy atom. The van der Waals surface area contributed by atoms with Crippen molar-refractivity contribution in [2.24, 2.45) is 4.99 Å². The van der Waals surface area contributed by atoms with Crippen molar-refractivity contribution in [2.75, 3.05) is 17.9 Å². The number of sulfonamides is 1. The molecule has 16 heteroatoms. The van der Waals surface area contributed by atoms with Gasteiger partial charge in [0.05, 0.1) is 29.7 Å². The molecule has 0 saturated heterocycles. The highest BCUT2D eigenvalue weighted by molar-refractivity contribution is 7.92. The third-order valence-corrected chi connectivity index (χ3v) is 6.83. The van der Waals surface area contributed by atoms with Gasteiger partial charge >= 0.3 is 24.2 Å². The summed E-state index contributed by atoms with van der Waals surface area (Å²) in [5, 5.41) is 7.25. The number of carbonyl (C=O) groups is 4. The summed E-state index contributed by atoms with van der Waals surface area (Å²) in [6, 6.07) is 10.5. The molecule has 0 fully saturated rings. The standard InChI is InChI=1S/C32H43N5O10S/c1-9-17-45-28(39)34-25(20-26(38)44-10-2)21-13-11-15-23(18-21)37-48(42,43)24-16-12-14-22(19-24)33-27(35-29(40)46-31(3,4)5)36-30(41)47-32(6,7)8/h9,11-16,18-19,25,37H,1,10,17,20H2,2-8H3,(H,34,39)(H2,33,35,36,40,41). The van der Waals surface area contributed by atoms with E-state index in [1.807, 2.05) is 0 Å². The topological polar surface area (TPSA) is 200 Å². The smallest absolute Gasteiger partial charge is 0.414 e. The van der Waals surface area contributed by atoms with Gasteiger partial charge in [-0.3, -0.25) is 20.2 Å². The third kappa shape index (κ3) is 14.5. The highest BCUT2D eigenvalue weighted by Gasteiger charge is 2.23. The Balaban J connectivity index is 2.39. The van der Waals surface area contributed by atoms with Crippen molar-refractivity contribution in [1.82, 2.24) is 16.0 Å². The number of carbonyl (C=O) groups excluding carboxylic acids is 4. The van der Waals surface area contributed by atoms with Gasteiger partial charge in [-0.2, -0.15) is 0 Å². The van der Waals surface area contributed by atoms with Gasteiger partial charge in [0.15, 0.2) is 0 Å². The number of hydrogen-bond acceptors (Lipinski definition) is 11. The average Bonchev–Trinajstić information content (AvgIpc) is 2.94. The molecule has 48 heavy (non-hydrogen) atoms. The molecule has 0 aliphatic rings. The molecule has 0 aliphatic heterocycles. The van der Waals surface area contributed by atoms with Crippen LogP contribution in [0.4, 0.5) is 25.8 Å². The largest absolute Gasteiger partial charge is 0.466 e. The predicted octanol–water partition coefficient (Wildman–Crippen LogP) is 5.43. The van der Waals surface area contributed by atoms with Crippen molar-refractivity contribution >= 4 is 51.6 Å². The SMILES string of the molecule is C=CCOC(=O)NC(CC(=O)OCC)c1cccc(NS(=O)(=O)c2cccc(N=C(NC(=O)OC(C)(C)C)NC(=O)OC(C)(C)C)c2)c1. The van der Waals surface area contributed by atoms with Gasteiger partial charge in [-0.05, 0) is 84.4 Å². The minimum Gasteiger partial charge on any atom is -0.466 e. The van der Waals surface area contributed by atoms with Crippen LogP contribution in [0.3, 0.4) is 0 Å². The van der Waals surface area contributed by atoms with E-state index in [0.717, 1.165) is 0 Å². The maximum atomic E-state index is 13.4. The van der Waals surface area contributed by atoms with E-state index >= 15 is 0 Å². The second-order valence-electron chi connectivity index (χ2n) is 12.0. The number of esters is 1. The van der Waals surface area contributed by atoms with Gasteiger partial charge in [-0.15, -0.1) is 0 Å². The second kappa shape index (κ2) is 17.2. The molecule has 2 aromatic carbocycles. The number of rotatable bonds is 11. The molecule has 0 aromatic heterocycles. The van der Waals surface area contributed by atoms with Crippen molar-refractivity contribution in [2.45, 2.75) is 77.0 Å². The van der Waals surface area contributed by atoms with Crippen molar-refractivity contribution in [3.8, 4) is 0 Å². The van der Waals surface area contributed by atoms with E-state index in [9.17, 15) is 27.6 Å². The molecule has 0 bridgehead atoms. The first kappa shape index (κ1) is 39.1. The zero-order valence-electron chi connectivity index (χ0n) is 28.0. The van der Waals surface area contributed by atoms with Gasteiger partial charge in [0.2, 0.25) is 5.96 Å². The quantitative estimate of drug-likeness (QED) is 0.0775. The molecule has 2 aromatic rings. The summed E-state index contributed by atoms with van der Waals surface area (Å²) in [6.45, 7) is 15.1. The lowest BCUT2D eigenvalue weighted by molar-refractivity contribution is -0.143. The monoisotopic (exact) mass is 689 g/mol. The van der Waals surface area contributed by atoms with E-state index in [2.05, 4.69) is 32.2 Å². The molecule has 0 saturated carbocycles. The number of alkyl carbamates (subject to hydrolysis) is 3. The lowest BCUT2D eigenvalue weighted by Gasteiger charge is -2.22. The molecule has 0 spiro atoms. The van der Waals surface area contributed by atoms with Crippen molar-refractivity contribution in [3.05, 3.63) is 66.7 Å². The first-order valence-corrected chi connectivity index (χ1v) is 16.3. The van der Waals surface area contributed by atoms with Crippen molar-refractivity contribution < 1.29 is 46.5 Å². The van der Waals surface area contributed by atoms with E-state index in [0.29, 0.717) is 5.56 Å². The Bertz CT molecular complexity index is 1580. The zero-order chi connectivity index (χ0) is 36.1. The number of nitrogens with zero attached hydrogens (tertiary/aromatic N) is 1. The molecule has 0 radical (unpaired) electrons. The molecular formula is C32H43N5O10S. The Hall–Kier alpha value is -5.12. The van der Waals surface area contributed by atoms with Gasteiger partial charge in [-0.25, -0.2) is 27.8 Å². The molecule has 0 heterocycles. The van der Waals surface area contributed by atoms with Gasteiger partial charge < -0.3 is 24.3 Å². The summed E-state index contributed by atoms with van der Waals surface area (Å²) in [5.74, 6) is -0.961. The Morgan fingerprint density at radius 3 is 2.04 bits per heavy atom. The number of anilines is 1. The summed E-state index contributed by atoms with van der Waals surface area (Å²) >= 11 is 0. The summed E-state index contributed by atoms with van der Waals surface area (Å²) in [5.41, 5.74) is -1.16. The first-order valence-electron chi connectivity index (χ1n) is 14.8. The van der Waals surface area contributed by atoms with Gasteiger partial charge in [0.25, 0.3) is 10.0 Å². The van der Waals surface area contributed by atoms with Crippen LogP contribution in [0.2, 0.25) is 0 Å². The first-order chi connectivity index (χ1) is 22.3. The lowest BCUT2D eigenvalue weighted by Crippen LogP contribution is -2.47. The number of hydrogen-bond donors (Lipinski definition) is 4. The van der Waals surface area contributed by atoms with E-state index in [-0.39, 0.29) is 41.9 Å². The van der Waals surface area contributed by atoms with Crippen LogP contribution < -0.4 is 20.7 Å². The van der Waals surface area contributed by atoms with Crippen molar-refractivity contribution in [1.29, 1.82) is 0 Å². The molecular weight excluding hydrogens is 646 g/mol. The van der Waals surface area contributed by atoms with E-state index < -0.39 is 51.5 Å². The predicted molar refractivity (Wildman–Crippen MR) is 178 cm³/mol. The fourth-order valence-corrected chi connectivity index (χ4v) is 4.82. The average molecular weight is 690 g/mol. The van der Waals surface area contributed by atoms with E-state index in [4.69, 9.17) is 18.9 Å². The van der Waals surface area contributed by atoms with Crippen LogP contribution in [0.15, 0.2) is 71.1 Å². The molecule has 4 N–H and O–H groups in total. The number of nitrogens with one attached hydrogen (secondary N) is 4. The van der Waals surface area contributed by atoms with Crippen LogP contribution >= 0.6 is 0 Å². The summed E-state index contributed by atoms with van der Waals surface area (Å²) in [4.78, 5) is 53.4.